The summed E-state index contributed by atoms with van der Waals surface area (Å²) in [6.07, 6.45) is 6.70. The molecule has 1 aliphatic rings. The first kappa shape index (κ1) is 14.5. The lowest BCUT2D eigenvalue weighted by atomic mass is 10.0. The highest BCUT2D eigenvalue weighted by Crippen LogP contribution is 2.27. The Morgan fingerprint density at radius 2 is 2.26 bits per heavy atom. The molecule has 108 valence electrons. The quantitative estimate of drug-likeness (QED) is 0.758. The van der Waals surface area contributed by atoms with Gasteiger partial charge in [0, 0.05) is 18.9 Å². The van der Waals surface area contributed by atoms with Crippen molar-refractivity contribution >= 4 is 10.0 Å². The van der Waals surface area contributed by atoms with Crippen LogP contribution in [0, 0.1) is 5.92 Å². The van der Waals surface area contributed by atoms with Crippen molar-refractivity contribution in [3.05, 3.63) is 18.5 Å². The monoisotopic (exact) mass is 287 g/mol. The van der Waals surface area contributed by atoms with Gasteiger partial charge in [0.05, 0.1) is 18.4 Å². The smallest absolute Gasteiger partial charge is 0.213 e. The summed E-state index contributed by atoms with van der Waals surface area (Å²) in [5, 5.41) is 13.6. The van der Waals surface area contributed by atoms with E-state index in [2.05, 4.69) is 9.82 Å². The molecule has 0 saturated heterocycles. The van der Waals surface area contributed by atoms with Crippen LogP contribution in [-0.4, -0.2) is 41.7 Å². The molecule has 1 saturated carbocycles. The van der Waals surface area contributed by atoms with Gasteiger partial charge in [0.15, 0.2) is 0 Å². The highest BCUT2D eigenvalue weighted by atomic mass is 32.2. The van der Waals surface area contributed by atoms with Crippen molar-refractivity contribution in [2.24, 2.45) is 5.92 Å². The average molecular weight is 287 g/mol. The van der Waals surface area contributed by atoms with Gasteiger partial charge in [-0.05, 0) is 31.2 Å². The van der Waals surface area contributed by atoms with Gasteiger partial charge in [0.1, 0.15) is 0 Å². The first-order valence-corrected chi connectivity index (χ1v) is 8.35. The second kappa shape index (κ2) is 6.49. The molecule has 2 atom stereocenters. The van der Waals surface area contributed by atoms with Gasteiger partial charge in [-0.25, -0.2) is 13.1 Å². The van der Waals surface area contributed by atoms with Crippen LogP contribution in [0.1, 0.15) is 25.7 Å². The number of aliphatic hydroxyl groups excluding tert-OH is 1. The van der Waals surface area contributed by atoms with E-state index in [1.807, 2.05) is 0 Å². The molecule has 7 heteroatoms. The second-order valence-corrected chi connectivity index (χ2v) is 6.96. The summed E-state index contributed by atoms with van der Waals surface area (Å²) in [5.74, 6) is 0.274. The maximum absolute atomic E-state index is 11.8. The Balaban J connectivity index is 1.69. The zero-order chi connectivity index (χ0) is 13.7. The molecule has 1 heterocycles. The van der Waals surface area contributed by atoms with E-state index in [9.17, 15) is 13.5 Å². The highest BCUT2D eigenvalue weighted by molar-refractivity contribution is 7.89. The number of rotatable bonds is 7. The number of hydrogen-bond donors (Lipinski definition) is 2. The number of nitrogens with one attached hydrogen (secondary N) is 1. The molecule has 0 spiro atoms. The highest BCUT2D eigenvalue weighted by Gasteiger charge is 2.25. The first-order valence-electron chi connectivity index (χ1n) is 6.70. The van der Waals surface area contributed by atoms with Crippen molar-refractivity contribution in [2.75, 3.05) is 12.3 Å². The molecule has 1 aromatic heterocycles. The minimum atomic E-state index is -3.26. The van der Waals surface area contributed by atoms with Crippen LogP contribution in [0.15, 0.2) is 18.5 Å². The summed E-state index contributed by atoms with van der Waals surface area (Å²) in [5.41, 5.74) is 0. The molecule has 0 bridgehead atoms. The van der Waals surface area contributed by atoms with Gasteiger partial charge in [-0.1, -0.05) is 6.42 Å². The fourth-order valence-corrected chi connectivity index (χ4v) is 3.47. The second-order valence-electron chi connectivity index (χ2n) is 5.03. The van der Waals surface area contributed by atoms with E-state index in [0.29, 0.717) is 19.5 Å². The molecule has 1 aliphatic carbocycles. The lowest BCUT2D eigenvalue weighted by Crippen LogP contribution is -2.31. The molecule has 0 aromatic carbocycles. The van der Waals surface area contributed by atoms with Crippen LogP contribution in [0.3, 0.4) is 0 Å². The number of nitrogens with zero attached hydrogens (tertiary/aromatic N) is 2. The van der Waals surface area contributed by atoms with Gasteiger partial charge in [-0.2, -0.15) is 5.10 Å². The first-order chi connectivity index (χ1) is 9.07. The molecule has 2 N–H and O–H groups in total. The van der Waals surface area contributed by atoms with E-state index in [1.54, 1.807) is 23.1 Å². The minimum Gasteiger partial charge on any atom is -0.393 e. The maximum atomic E-state index is 11.8. The zero-order valence-electron chi connectivity index (χ0n) is 10.9. The Kier molecular flexibility index (Phi) is 4.95. The van der Waals surface area contributed by atoms with Gasteiger partial charge in [-0.3, -0.25) is 4.68 Å². The minimum absolute atomic E-state index is 0.0297. The molecular formula is C12H21N3O3S. The topological polar surface area (TPSA) is 84.2 Å². The predicted octanol–water partition coefficient (Wildman–Crippen LogP) is 0.354. The summed E-state index contributed by atoms with van der Waals surface area (Å²) in [6.45, 7) is 0.761. The number of aliphatic hydroxyl groups is 1. The van der Waals surface area contributed by atoms with E-state index >= 15 is 0 Å². The number of sulfonamides is 1. The van der Waals surface area contributed by atoms with Crippen LogP contribution in [0.2, 0.25) is 0 Å². The van der Waals surface area contributed by atoms with Crippen LogP contribution in [0.4, 0.5) is 0 Å². The van der Waals surface area contributed by atoms with Gasteiger partial charge in [0.25, 0.3) is 0 Å². The van der Waals surface area contributed by atoms with E-state index in [0.717, 1.165) is 19.3 Å². The van der Waals surface area contributed by atoms with Crippen molar-refractivity contribution < 1.29 is 13.5 Å². The molecule has 0 aliphatic heterocycles. The Bertz CT molecular complexity index is 472. The summed E-state index contributed by atoms with van der Waals surface area (Å²) in [7, 11) is -3.26. The van der Waals surface area contributed by atoms with Crippen molar-refractivity contribution in [2.45, 2.75) is 38.3 Å². The molecule has 6 nitrogen and oxygen atoms in total. The summed E-state index contributed by atoms with van der Waals surface area (Å²) >= 11 is 0. The third kappa shape index (κ3) is 4.59. The van der Waals surface area contributed by atoms with E-state index in [4.69, 9.17) is 0 Å². The van der Waals surface area contributed by atoms with Crippen molar-refractivity contribution in [3.63, 3.8) is 0 Å². The van der Waals surface area contributed by atoms with Crippen LogP contribution in [-0.2, 0) is 16.6 Å². The molecule has 19 heavy (non-hydrogen) atoms. The maximum Gasteiger partial charge on any atom is 0.213 e. The van der Waals surface area contributed by atoms with Crippen LogP contribution >= 0.6 is 0 Å². The van der Waals surface area contributed by atoms with Crippen LogP contribution < -0.4 is 4.72 Å². The molecule has 0 amide bonds. The molecule has 1 fully saturated rings. The Labute approximate surface area is 113 Å². The predicted molar refractivity (Wildman–Crippen MR) is 72.0 cm³/mol. The number of hydrogen-bond acceptors (Lipinski definition) is 4. The van der Waals surface area contributed by atoms with Crippen molar-refractivity contribution in [1.82, 2.24) is 14.5 Å². The Morgan fingerprint density at radius 3 is 2.89 bits per heavy atom. The third-order valence-corrected chi connectivity index (χ3v) is 4.97. The fraction of sp³-hybridized carbons (Fsp3) is 0.750. The molecule has 2 rings (SSSR count). The number of aryl methyl sites for hydroxylation is 1. The lowest BCUT2D eigenvalue weighted by Gasteiger charge is -2.14. The lowest BCUT2D eigenvalue weighted by molar-refractivity contribution is 0.128. The standard InChI is InChI=1S/C12H21N3O3S/c16-12-4-1-3-11(12)5-7-14-19(17,18)10-9-15-8-2-6-13-15/h2,6,8,11-12,14,16H,1,3-5,7,9-10H2/t11-,12-/m1/s1. The van der Waals surface area contributed by atoms with Crippen molar-refractivity contribution in [3.8, 4) is 0 Å². The van der Waals surface area contributed by atoms with E-state index in [-0.39, 0.29) is 17.8 Å². The van der Waals surface area contributed by atoms with E-state index in [1.165, 1.54) is 0 Å². The van der Waals surface area contributed by atoms with Crippen LogP contribution in [0.5, 0.6) is 0 Å². The average Bonchev–Trinajstić information content (AvgIpc) is 2.99. The van der Waals surface area contributed by atoms with Crippen molar-refractivity contribution in [1.29, 1.82) is 0 Å². The molecular weight excluding hydrogens is 266 g/mol. The Hall–Kier alpha value is -0.920. The largest absolute Gasteiger partial charge is 0.393 e. The van der Waals surface area contributed by atoms with Crippen LogP contribution in [0.25, 0.3) is 0 Å². The fourth-order valence-electron chi connectivity index (χ4n) is 2.47. The van der Waals surface area contributed by atoms with Gasteiger partial charge < -0.3 is 5.11 Å². The molecule has 1 aromatic rings. The normalized spacial score (nSPS) is 23.8. The third-order valence-electron chi connectivity index (χ3n) is 3.60. The SMILES string of the molecule is O=S(=O)(CCn1cccn1)NCC[C@H]1CCC[C@H]1O. The van der Waals surface area contributed by atoms with E-state index < -0.39 is 10.0 Å². The molecule has 0 unspecified atom stereocenters. The number of aromatic nitrogens is 2. The summed E-state index contributed by atoms with van der Waals surface area (Å²) in [4.78, 5) is 0. The zero-order valence-corrected chi connectivity index (χ0v) is 11.7. The van der Waals surface area contributed by atoms with Gasteiger partial charge in [-0.15, -0.1) is 0 Å². The summed E-state index contributed by atoms with van der Waals surface area (Å²) in [6, 6.07) is 1.77. The van der Waals surface area contributed by atoms with Gasteiger partial charge in [0.2, 0.25) is 10.0 Å². The van der Waals surface area contributed by atoms with Gasteiger partial charge >= 0.3 is 0 Å². The summed E-state index contributed by atoms with van der Waals surface area (Å²) < 4.78 is 27.7. The molecule has 0 radical (unpaired) electrons. The Morgan fingerprint density at radius 1 is 1.42 bits per heavy atom.